The van der Waals surface area contributed by atoms with Crippen molar-refractivity contribution in [3.8, 4) is 11.5 Å². The van der Waals surface area contributed by atoms with Crippen LogP contribution in [0.25, 0.3) is 0 Å². The summed E-state index contributed by atoms with van der Waals surface area (Å²) >= 11 is 0. The van der Waals surface area contributed by atoms with Crippen molar-refractivity contribution in [3.63, 3.8) is 0 Å². The number of hydrogen-bond donors (Lipinski definition) is 2. The minimum Gasteiger partial charge on any atom is -0.508 e. The van der Waals surface area contributed by atoms with Crippen LogP contribution < -0.4 is 10.5 Å². The summed E-state index contributed by atoms with van der Waals surface area (Å²) in [6.45, 7) is 0.797. The lowest BCUT2D eigenvalue weighted by Crippen LogP contribution is -2.46. The lowest BCUT2D eigenvalue weighted by Gasteiger charge is -2.37. The van der Waals surface area contributed by atoms with E-state index in [0.717, 1.165) is 30.7 Å². The van der Waals surface area contributed by atoms with Crippen LogP contribution in [0.15, 0.2) is 18.2 Å². The fraction of sp³-hybridized carbons (Fsp3) is 0.600. The van der Waals surface area contributed by atoms with Crippen LogP contribution in [0.1, 0.15) is 31.2 Å². The van der Waals surface area contributed by atoms with Gasteiger partial charge in [-0.1, -0.05) is 0 Å². The summed E-state index contributed by atoms with van der Waals surface area (Å²) in [5.41, 5.74) is 7.04. The van der Waals surface area contributed by atoms with Crippen LogP contribution in [0.4, 0.5) is 0 Å². The van der Waals surface area contributed by atoms with E-state index in [0.29, 0.717) is 23.9 Å². The van der Waals surface area contributed by atoms with Crippen molar-refractivity contribution >= 4 is 0 Å². The summed E-state index contributed by atoms with van der Waals surface area (Å²) in [7, 11) is 1.65. The first-order valence-corrected chi connectivity index (χ1v) is 7.04. The number of nitrogens with zero attached hydrogens (tertiary/aromatic N) is 1. The Kier molecular flexibility index (Phi) is 3.37. The lowest BCUT2D eigenvalue weighted by molar-refractivity contribution is 0.119. The smallest absolute Gasteiger partial charge is 0.120 e. The van der Waals surface area contributed by atoms with Gasteiger partial charge in [0.25, 0.3) is 0 Å². The Hall–Kier alpha value is -1.26. The maximum atomic E-state index is 10.00. The van der Waals surface area contributed by atoms with Gasteiger partial charge in [-0.25, -0.2) is 0 Å². The van der Waals surface area contributed by atoms with E-state index in [1.54, 1.807) is 19.2 Å². The Morgan fingerprint density at radius 2 is 2.00 bits per heavy atom. The maximum absolute atomic E-state index is 10.00. The Labute approximate surface area is 114 Å². The minimum absolute atomic E-state index is 0.354. The Bertz CT molecular complexity index is 449. The lowest BCUT2D eigenvalue weighted by atomic mass is 9.97. The number of ether oxygens (including phenoxy) is 1. The summed E-state index contributed by atoms with van der Waals surface area (Å²) in [6, 6.07) is 6.96. The first-order chi connectivity index (χ1) is 9.17. The van der Waals surface area contributed by atoms with Gasteiger partial charge in [0.2, 0.25) is 0 Å². The van der Waals surface area contributed by atoms with E-state index >= 15 is 0 Å². The normalized spacial score (nSPS) is 30.5. The zero-order chi connectivity index (χ0) is 13.4. The molecule has 104 valence electrons. The van der Waals surface area contributed by atoms with Gasteiger partial charge in [0, 0.05) is 30.2 Å². The van der Waals surface area contributed by atoms with Gasteiger partial charge in [-0.2, -0.15) is 0 Å². The quantitative estimate of drug-likeness (QED) is 0.873. The van der Waals surface area contributed by atoms with Gasteiger partial charge in [0.05, 0.1) is 7.11 Å². The van der Waals surface area contributed by atoms with Gasteiger partial charge in [0.1, 0.15) is 11.5 Å². The van der Waals surface area contributed by atoms with E-state index in [1.165, 1.54) is 12.8 Å². The molecule has 0 aliphatic carbocycles. The van der Waals surface area contributed by atoms with E-state index < -0.39 is 0 Å². The second-order valence-electron chi connectivity index (χ2n) is 5.78. The third-order valence-electron chi connectivity index (χ3n) is 4.56. The number of nitrogens with two attached hydrogens (primary N) is 1. The summed E-state index contributed by atoms with van der Waals surface area (Å²) in [6.07, 6.45) is 4.65. The predicted molar refractivity (Wildman–Crippen MR) is 74.2 cm³/mol. The number of fused-ring (bicyclic) bond motifs is 2. The van der Waals surface area contributed by atoms with Crippen LogP contribution in [0, 0.1) is 0 Å². The second kappa shape index (κ2) is 5.02. The number of phenolic OH excluding ortho intramolecular Hbond substituents is 1. The Morgan fingerprint density at radius 3 is 2.63 bits per heavy atom. The average Bonchev–Trinajstić information content (AvgIpc) is 2.64. The molecule has 2 heterocycles. The van der Waals surface area contributed by atoms with Crippen molar-refractivity contribution in [1.82, 2.24) is 4.90 Å². The second-order valence-corrected chi connectivity index (χ2v) is 5.78. The number of phenols is 1. The van der Waals surface area contributed by atoms with Gasteiger partial charge in [-0.05, 0) is 43.9 Å². The van der Waals surface area contributed by atoms with E-state index in [2.05, 4.69) is 4.90 Å². The van der Waals surface area contributed by atoms with Gasteiger partial charge in [0.15, 0.2) is 0 Å². The molecule has 19 heavy (non-hydrogen) atoms. The van der Waals surface area contributed by atoms with Gasteiger partial charge < -0.3 is 15.6 Å². The SMILES string of the molecule is COc1ccc(O)c(CN2C3CCC2CC(N)C3)c1. The highest BCUT2D eigenvalue weighted by atomic mass is 16.5. The van der Waals surface area contributed by atoms with Gasteiger partial charge in [-0.3, -0.25) is 4.90 Å². The molecule has 4 nitrogen and oxygen atoms in total. The first-order valence-electron chi connectivity index (χ1n) is 7.04. The van der Waals surface area contributed by atoms with E-state index in [4.69, 9.17) is 10.5 Å². The number of aromatic hydroxyl groups is 1. The molecule has 1 aromatic rings. The first kappa shape index (κ1) is 12.8. The number of benzene rings is 1. The maximum Gasteiger partial charge on any atom is 0.120 e. The summed E-state index contributed by atoms with van der Waals surface area (Å²) in [4.78, 5) is 2.51. The monoisotopic (exact) mass is 262 g/mol. The zero-order valence-corrected chi connectivity index (χ0v) is 11.4. The number of piperidine rings is 1. The average molecular weight is 262 g/mol. The molecule has 3 N–H and O–H groups in total. The fourth-order valence-electron chi connectivity index (χ4n) is 3.59. The van der Waals surface area contributed by atoms with Crippen LogP contribution >= 0.6 is 0 Å². The molecule has 1 aromatic carbocycles. The molecule has 2 atom stereocenters. The van der Waals surface area contributed by atoms with Crippen molar-refractivity contribution < 1.29 is 9.84 Å². The molecular formula is C15H22N2O2. The minimum atomic E-state index is 0.354. The number of rotatable bonds is 3. The molecule has 0 spiro atoms. The van der Waals surface area contributed by atoms with Crippen molar-refractivity contribution in [2.24, 2.45) is 5.73 Å². The zero-order valence-electron chi connectivity index (χ0n) is 11.4. The van der Waals surface area contributed by atoms with Crippen LogP contribution in [-0.2, 0) is 6.54 Å². The summed E-state index contributed by atoms with van der Waals surface area (Å²) in [5, 5.41) is 10.00. The Morgan fingerprint density at radius 1 is 1.32 bits per heavy atom. The largest absolute Gasteiger partial charge is 0.508 e. The highest BCUT2D eigenvalue weighted by Crippen LogP contribution is 2.37. The third-order valence-corrected chi connectivity index (χ3v) is 4.56. The summed E-state index contributed by atoms with van der Waals surface area (Å²) < 4.78 is 5.24. The highest BCUT2D eigenvalue weighted by molar-refractivity contribution is 5.39. The molecule has 2 fully saturated rings. The fourth-order valence-corrected chi connectivity index (χ4v) is 3.59. The van der Waals surface area contributed by atoms with Crippen molar-refractivity contribution in [1.29, 1.82) is 0 Å². The molecule has 0 aromatic heterocycles. The number of hydrogen-bond acceptors (Lipinski definition) is 4. The van der Waals surface area contributed by atoms with E-state index in [1.807, 2.05) is 6.07 Å². The predicted octanol–water partition coefficient (Wildman–Crippen LogP) is 1.85. The molecule has 2 unspecified atom stereocenters. The van der Waals surface area contributed by atoms with Crippen LogP contribution in [0.5, 0.6) is 11.5 Å². The molecule has 0 amide bonds. The van der Waals surface area contributed by atoms with Crippen LogP contribution in [0.2, 0.25) is 0 Å². The molecule has 0 saturated carbocycles. The van der Waals surface area contributed by atoms with Gasteiger partial charge in [-0.15, -0.1) is 0 Å². The standard InChI is InChI=1S/C15H22N2O2/c1-19-14-4-5-15(18)10(6-14)9-17-12-2-3-13(17)8-11(16)7-12/h4-6,11-13,18H,2-3,7-9,16H2,1H3. The van der Waals surface area contributed by atoms with Crippen molar-refractivity contribution in [2.45, 2.75) is 50.4 Å². The topological polar surface area (TPSA) is 58.7 Å². The van der Waals surface area contributed by atoms with Crippen molar-refractivity contribution in [3.05, 3.63) is 23.8 Å². The van der Waals surface area contributed by atoms with E-state index in [-0.39, 0.29) is 0 Å². The molecule has 4 heteroatoms. The molecule has 2 aliphatic rings. The van der Waals surface area contributed by atoms with Crippen molar-refractivity contribution in [2.75, 3.05) is 7.11 Å². The molecule has 2 aliphatic heterocycles. The molecular weight excluding hydrogens is 240 g/mol. The van der Waals surface area contributed by atoms with E-state index in [9.17, 15) is 5.11 Å². The third kappa shape index (κ3) is 2.42. The molecule has 2 saturated heterocycles. The van der Waals surface area contributed by atoms with Crippen LogP contribution in [0.3, 0.4) is 0 Å². The molecule has 0 radical (unpaired) electrons. The van der Waals surface area contributed by atoms with Gasteiger partial charge >= 0.3 is 0 Å². The van der Waals surface area contributed by atoms with Crippen LogP contribution in [-0.4, -0.2) is 35.2 Å². The summed E-state index contributed by atoms with van der Waals surface area (Å²) in [5.74, 6) is 1.16. The molecule has 2 bridgehead atoms. The highest BCUT2D eigenvalue weighted by Gasteiger charge is 2.39. The molecule has 3 rings (SSSR count). The Balaban J connectivity index is 1.78. The number of methoxy groups -OCH3 is 1.